The van der Waals surface area contributed by atoms with Crippen molar-refractivity contribution >= 4 is 22.8 Å². The maximum Gasteiger partial charge on any atom is 0.248 e. The highest BCUT2D eigenvalue weighted by Gasteiger charge is 2.24. The van der Waals surface area contributed by atoms with Crippen LogP contribution in [0.1, 0.15) is 24.9 Å². The smallest absolute Gasteiger partial charge is 0.248 e. The van der Waals surface area contributed by atoms with E-state index in [-0.39, 0.29) is 12.5 Å². The average Bonchev–Trinajstić information content (AvgIpc) is 2.94. The number of rotatable bonds is 5. The highest BCUT2D eigenvalue weighted by molar-refractivity contribution is 5.91. The van der Waals surface area contributed by atoms with Crippen LogP contribution in [0.25, 0.3) is 16.7 Å². The number of para-hydroxylation sites is 1. The quantitative estimate of drug-likeness (QED) is 0.645. The zero-order valence-corrected chi connectivity index (χ0v) is 17.8. The van der Waals surface area contributed by atoms with Gasteiger partial charge >= 0.3 is 0 Å². The molecule has 0 unspecified atom stereocenters. The van der Waals surface area contributed by atoms with Crippen molar-refractivity contribution in [1.82, 2.24) is 24.6 Å². The predicted molar refractivity (Wildman–Crippen MR) is 116 cm³/mol. The standard InChI is InChI=1S/C22H28N6O2/c1-4-18-23-21(27-12-8-11-26(13-14-27)19(29)15-30-3)20-16(2)25-28(22(20)24-18)17-9-6-5-7-10-17/h5-7,9-10H,4,8,11-15H2,1-3H3. The number of hydrogen-bond donors (Lipinski definition) is 0. The molecule has 1 saturated heterocycles. The van der Waals surface area contributed by atoms with Crippen LogP contribution in [0.15, 0.2) is 30.3 Å². The normalized spacial score (nSPS) is 14.9. The van der Waals surface area contributed by atoms with Gasteiger partial charge in [0, 0.05) is 39.7 Å². The zero-order chi connectivity index (χ0) is 21.1. The van der Waals surface area contributed by atoms with Crippen LogP contribution in [0.4, 0.5) is 5.82 Å². The van der Waals surface area contributed by atoms with Gasteiger partial charge in [0.2, 0.25) is 5.91 Å². The van der Waals surface area contributed by atoms with Crippen molar-refractivity contribution in [3.63, 3.8) is 0 Å². The van der Waals surface area contributed by atoms with Gasteiger partial charge in [0.15, 0.2) is 5.65 Å². The fourth-order valence-electron chi connectivity index (χ4n) is 3.94. The van der Waals surface area contributed by atoms with Crippen LogP contribution < -0.4 is 4.90 Å². The molecule has 8 nitrogen and oxygen atoms in total. The molecule has 4 rings (SSSR count). The minimum Gasteiger partial charge on any atom is -0.375 e. The van der Waals surface area contributed by atoms with Crippen molar-refractivity contribution < 1.29 is 9.53 Å². The summed E-state index contributed by atoms with van der Waals surface area (Å²) in [6, 6.07) is 10.1. The summed E-state index contributed by atoms with van der Waals surface area (Å²) in [6.45, 7) is 7.14. The molecule has 158 valence electrons. The number of anilines is 1. The molecular formula is C22H28N6O2. The maximum atomic E-state index is 12.3. The van der Waals surface area contributed by atoms with Crippen molar-refractivity contribution in [2.24, 2.45) is 0 Å². The van der Waals surface area contributed by atoms with Crippen LogP contribution in [0.2, 0.25) is 0 Å². The zero-order valence-electron chi connectivity index (χ0n) is 17.8. The summed E-state index contributed by atoms with van der Waals surface area (Å²) in [5.74, 6) is 1.75. The number of fused-ring (bicyclic) bond motifs is 1. The van der Waals surface area contributed by atoms with E-state index in [2.05, 4.69) is 11.8 Å². The van der Waals surface area contributed by atoms with E-state index < -0.39 is 0 Å². The van der Waals surface area contributed by atoms with Gasteiger partial charge in [0.25, 0.3) is 0 Å². The van der Waals surface area contributed by atoms with Gasteiger partial charge in [-0.25, -0.2) is 14.6 Å². The van der Waals surface area contributed by atoms with Crippen molar-refractivity contribution in [3.05, 3.63) is 41.9 Å². The number of aromatic nitrogens is 4. The molecule has 0 N–H and O–H groups in total. The van der Waals surface area contributed by atoms with Crippen LogP contribution in [0.3, 0.4) is 0 Å². The fourth-order valence-corrected chi connectivity index (χ4v) is 3.94. The minimum atomic E-state index is 0.0366. The molecule has 0 saturated carbocycles. The lowest BCUT2D eigenvalue weighted by Crippen LogP contribution is -2.37. The second kappa shape index (κ2) is 8.79. The van der Waals surface area contributed by atoms with Crippen LogP contribution in [0.5, 0.6) is 0 Å². The second-order valence-electron chi connectivity index (χ2n) is 7.50. The molecule has 1 aliphatic rings. The van der Waals surface area contributed by atoms with Gasteiger partial charge in [-0.3, -0.25) is 4.79 Å². The van der Waals surface area contributed by atoms with E-state index in [0.717, 1.165) is 66.5 Å². The Morgan fingerprint density at radius 1 is 1.10 bits per heavy atom. The minimum absolute atomic E-state index is 0.0366. The van der Waals surface area contributed by atoms with Crippen LogP contribution in [-0.2, 0) is 16.0 Å². The Bertz CT molecular complexity index is 1030. The lowest BCUT2D eigenvalue weighted by Gasteiger charge is -2.24. The first-order chi connectivity index (χ1) is 14.6. The van der Waals surface area contributed by atoms with Gasteiger partial charge in [0.1, 0.15) is 18.2 Å². The number of carbonyl (C=O) groups is 1. The Kier molecular flexibility index (Phi) is 5.94. The topological polar surface area (TPSA) is 76.4 Å². The fraction of sp³-hybridized carbons (Fsp3) is 0.455. The summed E-state index contributed by atoms with van der Waals surface area (Å²) in [6.07, 6.45) is 1.63. The SMILES string of the molecule is CCc1nc(N2CCCN(C(=O)COC)CC2)c2c(C)nn(-c3ccccc3)c2n1. The Labute approximate surface area is 176 Å². The van der Waals surface area contributed by atoms with E-state index in [1.165, 1.54) is 0 Å². The Hall–Kier alpha value is -3.00. The number of methoxy groups -OCH3 is 1. The van der Waals surface area contributed by atoms with Crippen LogP contribution >= 0.6 is 0 Å². The summed E-state index contributed by atoms with van der Waals surface area (Å²) in [5, 5.41) is 5.77. The molecule has 0 atom stereocenters. The molecule has 8 heteroatoms. The molecular weight excluding hydrogens is 380 g/mol. The molecule has 1 amide bonds. The maximum absolute atomic E-state index is 12.3. The van der Waals surface area contributed by atoms with Crippen LogP contribution in [-0.4, -0.2) is 70.5 Å². The van der Waals surface area contributed by atoms with Gasteiger partial charge in [-0.1, -0.05) is 25.1 Å². The lowest BCUT2D eigenvalue weighted by molar-refractivity contribution is -0.134. The molecule has 3 heterocycles. The molecule has 1 aliphatic heterocycles. The first kappa shape index (κ1) is 20.3. The van der Waals surface area contributed by atoms with Crippen LogP contribution in [0, 0.1) is 6.92 Å². The third-order valence-electron chi connectivity index (χ3n) is 5.46. The Morgan fingerprint density at radius 3 is 2.63 bits per heavy atom. The summed E-state index contributed by atoms with van der Waals surface area (Å²) >= 11 is 0. The number of aryl methyl sites for hydroxylation is 2. The van der Waals surface area contributed by atoms with E-state index in [1.54, 1.807) is 7.11 Å². The first-order valence-electron chi connectivity index (χ1n) is 10.5. The van der Waals surface area contributed by atoms with Crippen molar-refractivity contribution in [2.75, 3.05) is 44.8 Å². The lowest BCUT2D eigenvalue weighted by atomic mass is 10.2. The highest BCUT2D eigenvalue weighted by atomic mass is 16.5. The number of amides is 1. The van der Waals surface area contributed by atoms with Gasteiger partial charge < -0.3 is 14.5 Å². The van der Waals surface area contributed by atoms with Crippen molar-refractivity contribution in [3.8, 4) is 5.69 Å². The third kappa shape index (κ3) is 3.87. The van der Waals surface area contributed by atoms with Gasteiger partial charge in [0.05, 0.1) is 16.8 Å². The summed E-state index contributed by atoms with van der Waals surface area (Å²) in [7, 11) is 1.55. The third-order valence-corrected chi connectivity index (χ3v) is 5.46. The average molecular weight is 409 g/mol. The molecule has 0 radical (unpaired) electrons. The first-order valence-corrected chi connectivity index (χ1v) is 10.5. The van der Waals surface area contributed by atoms with Gasteiger partial charge in [-0.05, 0) is 25.5 Å². The number of benzene rings is 1. The molecule has 0 aliphatic carbocycles. The molecule has 2 aromatic heterocycles. The summed E-state index contributed by atoms with van der Waals surface area (Å²) in [5.41, 5.74) is 2.72. The van der Waals surface area contributed by atoms with E-state index in [9.17, 15) is 4.79 Å². The van der Waals surface area contributed by atoms with Gasteiger partial charge in [-0.15, -0.1) is 0 Å². The van der Waals surface area contributed by atoms with E-state index in [0.29, 0.717) is 6.54 Å². The molecule has 1 aromatic carbocycles. The predicted octanol–water partition coefficient (Wildman–Crippen LogP) is 2.37. The second-order valence-corrected chi connectivity index (χ2v) is 7.50. The molecule has 1 fully saturated rings. The van der Waals surface area contributed by atoms with E-state index >= 15 is 0 Å². The van der Waals surface area contributed by atoms with Crippen molar-refractivity contribution in [1.29, 1.82) is 0 Å². The van der Waals surface area contributed by atoms with E-state index in [4.69, 9.17) is 19.8 Å². The largest absolute Gasteiger partial charge is 0.375 e. The van der Waals surface area contributed by atoms with Gasteiger partial charge in [-0.2, -0.15) is 5.10 Å². The Balaban J connectivity index is 1.74. The monoisotopic (exact) mass is 408 g/mol. The van der Waals surface area contributed by atoms with Crippen molar-refractivity contribution in [2.45, 2.75) is 26.7 Å². The van der Waals surface area contributed by atoms with E-state index in [1.807, 2.05) is 46.8 Å². The number of ether oxygens (including phenoxy) is 1. The number of hydrogen-bond acceptors (Lipinski definition) is 6. The molecule has 30 heavy (non-hydrogen) atoms. The number of nitrogens with zero attached hydrogens (tertiary/aromatic N) is 6. The molecule has 0 bridgehead atoms. The molecule has 0 spiro atoms. The number of carbonyl (C=O) groups excluding carboxylic acids is 1. The summed E-state index contributed by atoms with van der Waals surface area (Å²) in [4.78, 5) is 26.1. The highest BCUT2D eigenvalue weighted by Crippen LogP contribution is 2.29. The molecule has 3 aromatic rings. The summed E-state index contributed by atoms with van der Waals surface area (Å²) < 4.78 is 6.93. The Morgan fingerprint density at radius 2 is 1.90 bits per heavy atom.